The average molecular weight is 410 g/mol. The van der Waals surface area contributed by atoms with Crippen molar-refractivity contribution in [3.05, 3.63) is 65.1 Å². The fraction of sp³-hybridized carbons (Fsp3) is 0.300. The minimum atomic E-state index is -0.00742. The van der Waals surface area contributed by atoms with E-state index >= 15 is 0 Å². The molecule has 0 N–H and O–H groups in total. The summed E-state index contributed by atoms with van der Waals surface area (Å²) in [6, 6.07) is 14.4. The predicted molar refractivity (Wildman–Crippen MR) is 109 cm³/mol. The highest BCUT2D eigenvalue weighted by Crippen LogP contribution is 2.42. The Kier molecular flexibility index (Phi) is 4.74. The summed E-state index contributed by atoms with van der Waals surface area (Å²) in [7, 11) is 0. The summed E-state index contributed by atoms with van der Waals surface area (Å²) in [6.07, 6.45) is 2.39. The molecule has 1 saturated carbocycles. The lowest BCUT2D eigenvalue weighted by atomic mass is 10.2. The van der Waals surface area contributed by atoms with E-state index in [-0.39, 0.29) is 5.25 Å². The predicted octanol–water partition coefficient (Wildman–Crippen LogP) is 5.17. The number of benzene rings is 1. The molecule has 1 aliphatic rings. The minimum Gasteiger partial charge on any atom is -0.419 e. The summed E-state index contributed by atoms with van der Waals surface area (Å²) in [4.78, 5) is 0.985. The molecule has 0 aliphatic heterocycles. The van der Waals surface area contributed by atoms with Crippen molar-refractivity contribution < 1.29 is 4.42 Å². The Balaban J connectivity index is 1.39. The topological polar surface area (TPSA) is 69.6 Å². The lowest BCUT2D eigenvalue weighted by Gasteiger charge is -2.11. The maximum absolute atomic E-state index is 5.90. The molecule has 0 saturated heterocycles. The molecule has 142 valence electrons. The molecule has 0 radical (unpaired) electrons. The lowest BCUT2D eigenvalue weighted by Crippen LogP contribution is -2.06. The van der Waals surface area contributed by atoms with E-state index in [0.717, 1.165) is 22.4 Å². The molecule has 0 amide bonds. The van der Waals surface area contributed by atoms with Crippen LogP contribution in [-0.4, -0.2) is 25.0 Å². The molecule has 8 heteroatoms. The van der Waals surface area contributed by atoms with Gasteiger partial charge in [0.05, 0.1) is 16.7 Å². The highest BCUT2D eigenvalue weighted by Gasteiger charge is 2.31. The SMILES string of the molecule is C[C@H](Sc1nnc(C2CC2)n1Cc1ccccc1)c1nnc(-c2cccs2)o1. The van der Waals surface area contributed by atoms with Crippen molar-refractivity contribution >= 4 is 23.1 Å². The van der Waals surface area contributed by atoms with E-state index in [1.54, 1.807) is 23.1 Å². The van der Waals surface area contributed by atoms with Crippen LogP contribution in [0, 0.1) is 0 Å². The van der Waals surface area contributed by atoms with E-state index in [1.807, 2.05) is 23.6 Å². The third-order valence-electron chi connectivity index (χ3n) is 4.67. The van der Waals surface area contributed by atoms with E-state index in [4.69, 9.17) is 4.42 Å². The maximum atomic E-state index is 5.90. The monoisotopic (exact) mass is 409 g/mol. The number of rotatable bonds is 7. The molecule has 0 spiro atoms. The van der Waals surface area contributed by atoms with Crippen LogP contribution in [0.25, 0.3) is 10.8 Å². The Hall–Kier alpha value is -2.45. The van der Waals surface area contributed by atoms with E-state index in [2.05, 4.69) is 56.2 Å². The van der Waals surface area contributed by atoms with Gasteiger partial charge in [0.2, 0.25) is 5.89 Å². The molecule has 1 aromatic carbocycles. The Morgan fingerprint density at radius 2 is 1.96 bits per heavy atom. The van der Waals surface area contributed by atoms with Gasteiger partial charge in [-0.1, -0.05) is 48.2 Å². The van der Waals surface area contributed by atoms with Crippen molar-refractivity contribution in [3.63, 3.8) is 0 Å². The van der Waals surface area contributed by atoms with Crippen molar-refractivity contribution in [2.45, 2.75) is 42.6 Å². The summed E-state index contributed by atoms with van der Waals surface area (Å²) < 4.78 is 8.14. The summed E-state index contributed by atoms with van der Waals surface area (Å²) in [5.41, 5.74) is 1.25. The third-order valence-corrected chi connectivity index (χ3v) is 6.60. The van der Waals surface area contributed by atoms with Crippen LogP contribution < -0.4 is 0 Å². The Bertz CT molecular complexity index is 1050. The zero-order valence-corrected chi connectivity index (χ0v) is 17.0. The van der Waals surface area contributed by atoms with Crippen LogP contribution in [0.5, 0.6) is 0 Å². The van der Waals surface area contributed by atoms with Crippen molar-refractivity contribution in [2.24, 2.45) is 0 Å². The van der Waals surface area contributed by atoms with Crippen LogP contribution in [0.15, 0.2) is 57.4 Å². The zero-order chi connectivity index (χ0) is 18.9. The molecular formula is C20H19N5OS2. The third kappa shape index (κ3) is 3.62. The number of hydrogen-bond acceptors (Lipinski definition) is 7. The first-order valence-electron chi connectivity index (χ1n) is 9.29. The summed E-state index contributed by atoms with van der Waals surface area (Å²) in [5.74, 6) is 2.80. The van der Waals surface area contributed by atoms with Crippen LogP contribution in [0.1, 0.15) is 48.2 Å². The lowest BCUT2D eigenvalue weighted by molar-refractivity contribution is 0.509. The number of thioether (sulfide) groups is 1. The molecule has 0 unspecified atom stereocenters. The summed E-state index contributed by atoms with van der Waals surface area (Å²) >= 11 is 3.21. The molecule has 1 atom stereocenters. The molecule has 1 aliphatic carbocycles. The Morgan fingerprint density at radius 1 is 1.11 bits per heavy atom. The van der Waals surface area contributed by atoms with Crippen LogP contribution in [-0.2, 0) is 6.54 Å². The Morgan fingerprint density at radius 3 is 2.71 bits per heavy atom. The first-order chi connectivity index (χ1) is 13.8. The quantitative estimate of drug-likeness (QED) is 0.392. The van der Waals surface area contributed by atoms with Gasteiger partial charge < -0.3 is 8.98 Å². The van der Waals surface area contributed by atoms with E-state index in [0.29, 0.717) is 17.7 Å². The highest BCUT2D eigenvalue weighted by molar-refractivity contribution is 7.99. The van der Waals surface area contributed by atoms with E-state index < -0.39 is 0 Å². The van der Waals surface area contributed by atoms with Gasteiger partial charge in [-0.15, -0.1) is 31.7 Å². The van der Waals surface area contributed by atoms with Gasteiger partial charge in [0.15, 0.2) is 5.16 Å². The normalized spacial score (nSPS) is 15.0. The van der Waals surface area contributed by atoms with Gasteiger partial charge in [-0.25, -0.2) is 0 Å². The molecule has 28 heavy (non-hydrogen) atoms. The summed E-state index contributed by atoms with van der Waals surface area (Å²) in [6.45, 7) is 2.84. The van der Waals surface area contributed by atoms with Crippen LogP contribution in [0.4, 0.5) is 0 Å². The Labute approximate surface area is 171 Å². The fourth-order valence-electron chi connectivity index (χ4n) is 3.05. The highest BCUT2D eigenvalue weighted by atomic mass is 32.2. The minimum absolute atomic E-state index is 0.00742. The molecule has 3 heterocycles. The van der Waals surface area contributed by atoms with Gasteiger partial charge in [-0.05, 0) is 36.8 Å². The standard InChI is InChI=1S/C20H19N5OS2/c1-13(18-22-23-19(26-18)16-8-5-11-27-16)28-20-24-21-17(15-9-10-15)25(20)12-14-6-3-2-4-7-14/h2-8,11,13,15H,9-10,12H2,1H3/t13-/m0/s1. The van der Waals surface area contributed by atoms with Gasteiger partial charge in [0, 0.05) is 5.92 Å². The first kappa shape index (κ1) is 17.6. The van der Waals surface area contributed by atoms with Gasteiger partial charge >= 0.3 is 0 Å². The molecule has 0 bridgehead atoms. The van der Waals surface area contributed by atoms with Gasteiger partial charge in [-0.3, -0.25) is 0 Å². The molecule has 5 rings (SSSR count). The number of thiophene rings is 1. The molecule has 4 aromatic rings. The van der Waals surface area contributed by atoms with Crippen LogP contribution >= 0.6 is 23.1 Å². The summed E-state index contributed by atoms with van der Waals surface area (Å²) in [5, 5.41) is 20.3. The van der Waals surface area contributed by atoms with Gasteiger partial charge in [-0.2, -0.15) is 0 Å². The number of hydrogen-bond donors (Lipinski definition) is 0. The largest absolute Gasteiger partial charge is 0.419 e. The van der Waals surface area contributed by atoms with Gasteiger partial charge in [0.25, 0.3) is 5.89 Å². The van der Waals surface area contributed by atoms with Crippen molar-refractivity contribution in [3.8, 4) is 10.8 Å². The smallest absolute Gasteiger partial charge is 0.257 e. The maximum Gasteiger partial charge on any atom is 0.257 e. The van der Waals surface area contributed by atoms with E-state index in [9.17, 15) is 0 Å². The molecule has 6 nitrogen and oxygen atoms in total. The molecule has 3 aromatic heterocycles. The second-order valence-electron chi connectivity index (χ2n) is 6.87. The second kappa shape index (κ2) is 7.52. The van der Waals surface area contributed by atoms with Crippen LogP contribution in [0.3, 0.4) is 0 Å². The number of aromatic nitrogens is 5. The van der Waals surface area contributed by atoms with Crippen LogP contribution in [0.2, 0.25) is 0 Å². The second-order valence-corrected chi connectivity index (χ2v) is 9.13. The van der Waals surface area contributed by atoms with Crippen molar-refractivity contribution in [1.29, 1.82) is 0 Å². The number of nitrogens with zero attached hydrogens (tertiary/aromatic N) is 5. The average Bonchev–Trinajstić information content (AvgIpc) is 3.13. The van der Waals surface area contributed by atoms with Gasteiger partial charge in [0.1, 0.15) is 5.82 Å². The molecular weight excluding hydrogens is 390 g/mol. The zero-order valence-electron chi connectivity index (χ0n) is 15.4. The fourth-order valence-corrected chi connectivity index (χ4v) is 4.58. The molecule has 1 fully saturated rings. The van der Waals surface area contributed by atoms with E-state index in [1.165, 1.54) is 18.4 Å². The van der Waals surface area contributed by atoms with Crippen molar-refractivity contribution in [2.75, 3.05) is 0 Å². The van der Waals surface area contributed by atoms with Crippen molar-refractivity contribution in [1.82, 2.24) is 25.0 Å². The first-order valence-corrected chi connectivity index (χ1v) is 11.0.